The Balaban J connectivity index is 2.71. The first-order valence-corrected chi connectivity index (χ1v) is 15.5. The lowest BCUT2D eigenvalue weighted by molar-refractivity contribution is -0.354. The first-order chi connectivity index (χ1) is 22.9. The van der Waals surface area contributed by atoms with Crippen LogP contribution in [0.4, 0.5) is 0 Å². The molecule has 2 N–H and O–H groups in total. The van der Waals surface area contributed by atoms with Crippen molar-refractivity contribution >= 4 is 59.7 Å². The van der Waals surface area contributed by atoms with Gasteiger partial charge in [0, 0.05) is 60.5 Å². The third-order valence-corrected chi connectivity index (χ3v) is 6.98. The van der Waals surface area contributed by atoms with Gasteiger partial charge in [-0.15, -0.1) is 0 Å². The summed E-state index contributed by atoms with van der Waals surface area (Å²) in [6.45, 7) is 6.08. The lowest BCUT2D eigenvalue weighted by Gasteiger charge is -2.48. The predicted octanol–water partition coefficient (Wildman–Crippen LogP) is -1.24. The van der Waals surface area contributed by atoms with Crippen LogP contribution >= 0.6 is 12.0 Å². The topological polar surface area (TPSA) is 264 Å². The molecule has 2 aliphatic rings. The Kier molecular flexibility index (Phi) is 16.1. The number of esters is 7. The van der Waals surface area contributed by atoms with E-state index in [0.29, 0.717) is 12.0 Å². The molecule has 0 saturated carbocycles. The number of rotatable bonds is 15. The molecule has 0 aromatic rings. The Morgan fingerprint density at radius 2 is 0.878 bits per heavy atom. The maximum Gasteiger partial charge on any atom is 0.303 e. The van der Waals surface area contributed by atoms with Gasteiger partial charge in [0.2, 0.25) is 12.2 Å². The smallest absolute Gasteiger partial charge is 0.303 e. The van der Waals surface area contributed by atoms with E-state index in [9.17, 15) is 38.4 Å². The molecular formula is C28H39NO19S. The third-order valence-electron chi connectivity index (χ3n) is 6.25. The second kappa shape index (κ2) is 19.2. The molecule has 1 unspecified atom stereocenters. The Hall–Kier alpha value is -4.05. The Bertz CT molecular complexity index is 1240. The van der Waals surface area contributed by atoms with Gasteiger partial charge in [-0.3, -0.25) is 42.5 Å². The predicted molar refractivity (Wildman–Crippen MR) is 156 cm³/mol. The van der Waals surface area contributed by atoms with Crippen LogP contribution in [0.5, 0.6) is 0 Å². The molecule has 20 nitrogen and oxygen atoms in total. The summed E-state index contributed by atoms with van der Waals surface area (Å²) >= 11 is 0.516. The molecule has 0 spiro atoms. The van der Waals surface area contributed by atoms with Gasteiger partial charge in [0.25, 0.3) is 0 Å². The Morgan fingerprint density at radius 3 is 1.31 bits per heavy atom. The molecule has 2 heterocycles. The van der Waals surface area contributed by atoms with Gasteiger partial charge in [-0.2, -0.15) is 0 Å². The van der Waals surface area contributed by atoms with Crippen LogP contribution in [0.15, 0.2) is 0 Å². The molecular weight excluding hydrogens is 686 g/mol. The summed E-state index contributed by atoms with van der Waals surface area (Å²) in [5.74, 6) is -7.24. The highest BCUT2D eigenvalue weighted by Gasteiger charge is 2.57. The Labute approximate surface area is 284 Å². The molecule has 2 rings (SSSR count). The largest absolute Gasteiger partial charge is 0.463 e. The van der Waals surface area contributed by atoms with Gasteiger partial charge < -0.3 is 53.1 Å². The highest BCUT2D eigenvalue weighted by molar-refractivity contribution is 7.95. The summed E-state index contributed by atoms with van der Waals surface area (Å²) in [6, 6.07) is 0. The van der Waals surface area contributed by atoms with Crippen LogP contribution in [0.3, 0.4) is 0 Å². The molecule has 49 heavy (non-hydrogen) atoms. The molecule has 10 atom stereocenters. The molecule has 0 radical (unpaired) electrons. The van der Waals surface area contributed by atoms with E-state index in [1.807, 2.05) is 0 Å². The van der Waals surface area contributed by atoms with Gasteiger partial charge in [-0.05, 0) is 0 Å². The molecule has 2 fully saturated rings. The normalized spacial score (nSPS) is 29.4. The minimum Gasteiger partial charge on any atom is -0.463 e. The second-order valence-electron chi connectivity index (χ2n) is 10.5. The van der Waals surface area contributed by atoms with Crippen LogP contribution in [0, 0.1) is 0 Å². The first-order valence-electron chi connectivity index (χ1n) is 14.5. The zero-order valence-electron chi connectivity index (χ0n) is 27.6. The van der Waals surface area contributed by atoms with Crippen LogP contribution in [-0.4, -0.2) is 128 Å². The van der Waals surface area contributed by atoms with Crippen LogP contribution in [0.25, 0.3) is 0 Å². The van der Waals surface area contributed by atoms with Crippen molar-refractivity contribution in [3.05, 3.63) is 0 Å². The fraction of sp³-hybridized carbons (Fsp3) is 0.714. The van der Waals surface area contributed by atoms with Gasteiger partial charge in [0.05, 0.1) is 5.75 Å². The van der Waals surface area contributed by atoms with Crippen LogP contribution in [0.1, 0.15) is 48.5 Å². The van der Waals surface area contributed by atoms with Gasteiger partial charge >= 0.3 is 41.8 Å². The van der Waals surface area contributed by atoms with E-state index in [1.165, 1.54) is 0 Å². The van der Waals surface area contributed by atoms with Gasteiger partial charge in [0.1, 0.15) is 31.5 Å². The minimum absolute atomic E-state index is 0.371. The van der Waals surface area contributed by atoms with Crippen molar-refractivity contribution in [2.45, 2.75) is 110 Å². The lowest BCUT2D eigenvalue weighted by Crippen LogP contribution is -2.67. The van der Waals surface area contributed by atoms with Crippen LogP contribution in [-0.2, 0) is 89.9 Å². The SMILES string of the molecule is CC(=O)OC[C@H]1O[C@@H](OSCC(N)=O)[C@H](OC(C)=O)[C@@H](OC(C)=O)C1O[C@@H]1O[C@H](COC(C)=O)[C@@H](OC(C)=O)[C@H](OC(C)=O)[C@H]1OC(C)=O. The van der Waals surface area contributed by atoms with Crippen molar-refractivity contribution in [1.82, 2.24) is 0 Å². The van der Waals surface area contributed by atoms with E-state index in [-0.39, 0.29) is 5.75 Å². The minimum atomic E-state index is -1.83. The number of hydrogen-bond acceptors (Lipinski definition) is 20. The lowest BCUT2D eigenvalue weighted by atomic mass is 9.96. The number of ether oxygens (including phenoxy) is 10. The van der Waals surface area contributed by atoms with Crippen molar-refractivity contribution in [2.75, 3.05) is 19.0 Å². The van der Waals surface area contributed by atoms with E-state index >= 15 is 0 Å². The highest BCUT2D eigenvalue weighted by Crippen LogP contribution is 2.36. The maximum atomic E-state index is 12.4. The van der Waals surface area contributed by atoms with Gasteiger partial charge in [-0.1, -0.05) is 0 Å². The summed E-state index contributed by atoms with van der Waals surface area (Å²) in [6.07, 6.45) is -16.1. The van der Waals surface area contributed by atoms with Crippen molar-refractivity contribution in [3.63, 3.8) is 0 Å². The molecule has 1 amide bonds. The number of primary amides is 1. The number of nitrogens with two attached hydrogens (primary N) is 1. The number of hydrogen-bond donors (Lipinski definition) is 1. The zero-order valence-corrected chi connectivity index (χ0v) is 28.5. The Morgan fingerprint density at radius 1 is 0.510 bits per heavy atom. The summed E-state index contributed by atoms with van der Waals surface area (Å²) < 4.78 is 61.0. The molecule has 2 saturated heterocycles. The van der Waals surface area contributed by atoms with Crippen molar-refractivity contribution in [1.29, 1.82) is 0 Å². The van der Waals surface area contributed by atoms with Gasteiger partial charge in [-0.25, -0.2) is 0 Å². The number of carbonyl (C=O) groups is 8. The van der Waals surface area contributed by atoms with Crippen molar-refractivity contribution in [3.8, 4) is 0 Å². The summed E-state index contributed by atoms with van der Waals surface area (Å²) in [5, 5.41) is 0. The molecule has 0 aliphatic carbocycles. The first kappa shape index (κ1) is 41.1. The van der Waals surface area contributed by atoms with Crippen molar-refractivity contribution < 1.29 is 89.9 Å². The maximum absolute atomic E-state index is 12.4. The van der Waals surface area contributed by atoms with Gasteiger partial charge in [0.15, 0.2) is 36.8 Å². The summed E-state index contributed by atoms with van der Waals surface area (Å²) in [5.41, 5.74) is 5.18. The monoisotopic (exact) mass is 725 g/mol. The van der Waals surface area contributed by atoms with Crippen LogP contribution in [0.2, 0.25) is 0 Å². The molecule has 0 aromatic carbocycles. The quantitative estimate of drug-likeness (QED) is 0.117. The second-order valence-corrected chi connectivity index (χ2v) is 11.2. The summed E-state index contributed by atoms with van der Waals surface area (Å²) in [4.78, 5) is 96.1. The molecule has 2 aliphatic heterocycles. The summed E-state index contributed by atoms with van der Waals surface area (Å²) in [7, 11) is 0. The number of carbonyl (C=O) groups excluding carboxylic acids is 8. The fourth-order valence-electron chi connectivity index (χ4n) is 4.71. The van der Waals surface area contributed by atoms with E-state index in [0.717, 1.165) is 48.5 Å². The standard InChI is InChI=1S/C28H39NO19S/c1-11(30)38-8-18-21(40-13(3)32)23(41-14(4)33)25(43-16(6)35)27(45-18)47-22-19(9-39-12(2)31)46-28(48-49-10-20(29)37)26(44-17(7)36)24(22)42-15(5)34/h18-19,21-28H,8-10H2,1-7H3,(H2,29,37)/t18-,19-,21-,22?,23+,24+,25-,26-,27+,28+/m1/s1. The van der Waals surface area contributed by atoms with Crippen LogP contribution < -0.4 is 5.73 Å². The fourth-order valence-corrected chi connectivity index (χ4v) is 5.18. The van der Waals surface area contributed by atoms with E-state index < -0.39 is 122 Å². The third kappa shape index (κ3) is 13.4. The van der Waals surface area contributed by atoms with E-state index in [4.69, 9.17) is 57.3 Å². The molecule has 0 aromatic heterocycles. The molecule has 0 bridgehead atoms. The highest BCUT2D eigenvalue weighted by atomic mass is 32.2. The zero-order chi connectivity index (χ0) is 37.0. The van der Waals surface area contributed by atoms with Crippen molar-refractivity contribution in [2.24, 2.45) is 5.73 Å². The van der Waals surface area contributed by atoms with E-state index in [2.05, 4.69) is 0 Å². The number of amides is 1. The molecule has 276 valence electrons. The molecule has 21 heteroatoms. The average Bonchev–Trinajstić information content (AvgIpc) is 2.95. The van der Waals surface area contributed by atoms with E-state index in [1.54, 1.807) is 0 Å². The average molecular weight is 726 g/mol.